The number of ether oxygens (including phenoxy) is 3. The number of carbonyl (C=O) groups excluding carboxylic acids is 3. The van der Waals surface area contributed by atoms with E-state index in [0.29, 0.717) is 16.5 Å². The number of amides is 2. The Morgan fingerprint density at radius 3 is 2.73 bits per heavy atom. The molecule has 2 atom stereocenters. The first-order chi connectivity index (χ1) is 12.5. The minimum Gasteiger partial charge on any atom is -0.485 e. The second kappa shape index (κ2) is 7.44. The van der Waals surface area contributed by atoms with Gasteiger partial charge in [-0.05, 0) is 30.5 Å². The quantitative estimate of drug-likeness (QED) is 0.765. The van der Waals surface area contributed by atoms with Gasteiger partial charge in [0.25, 0.3) is 11.8 Å². The zero-order chi connectivity index (χ0) is 18.7. The van der Waals surface area contributed by atoms with Crippen LogP contribution >= 0.6 is 11.3 Å². The van der Waals surface area contributed by atoms with E-state index in [4.69, 9.17) is 19.9 Å². The molecule has 1 aliphatic heterocycles. The van der Waals surface area contributed by atoms with Crippen molar-refractivity contribution in [3.63, 3.8) is 0 Å². The van der Waals surface area contributed by atoms with Gasteiger partial charge in [0.1, 0.15) is 11.6 Å². The number of para-hydroxylation sites is 2. The van der Waals surface area contributed by atoms with Crippen molar-refractivity contribution < 1.29 is 28.6 Å². The van der Waals surface area contributed by atoms with Crippen molar-refractivity contribution in [2.24, 2.45) is 5.73 Å². The number of primary amides is 1. The van der Waals surface area contributed by atoms with Gasteiger partial charge in [-0.1, -0.05) is 12.1 Å². The fourth-order valence-corrected chi connectivity index (χ4v) is 3.05. The first-order valence-electron chi connectivity index (χ1n) is 7.73. The van der Waals surface area contributed by atoms with Gasteiger partial charge in [0.15, 0.2) is 17.6 Å². The Hall–Kier alpha value is -3.07. The number of nitrogens with two attached hydrogens (primary N) is 1. The van der Waals surface area contributed by atoms with Crippen LogP contribution in [0.3, 0.4) is 0 Å². The van der Waals surface area contributed by atoms with Crippen molar-refractivity contribution in [2.45, 2.75) is 19.1 Å². The Balaban J connectivity index is 1.58. The third-order valence-corrected chi connectivity index (χ3v) is 4.43. The Labute approximate surface area is 152 Å². The zero-order valence-corrected chi connectivity index (χ0v) is 14.6. The van der Waals surface area contributed by atoms with Crippen LogP contribution in [0.25, 0.3) is 0 Å². The number of thiophene rings is 1. The highest BCUT2D eigenvalue weighted by atomic mass is 32.1. The van der Waals surface area contributed by atoms with Gasteiger partial charge in [0.2, 0.25) is 6.10 Å². The topological polar surface area (TPSA) is 117 Å². The molecule has 136 valence electrons. The van der Waals surface area contributed by atoms with Crippen molar-refractivity contribution in [1.82, 2.24) is 0 Å². The van der Waals surface area contributed by atoms with Gasteiger partial charge in [-0.3, -0.25) is 9.59 Å². The molecule has 2 aromatic rings. The van der Waals surface area contributed by atoms with E-state index in [9.17, 15) is 14.4 Å². The third kappa shape index (κ3) is 3.77. The molecule has 8 nitrogen and oxygen atoms in total. The minimum absolute atomic E-state index is 0.0130. The first-order valence-corrected chi connectivity index (χ1v) is 8.61. The summed E-state index contributed by atoms with van der Waals surface area (Å²) in [4.78, 5) is 35.7. The summed E-state index contributed by atoms with van der Waals surface area (Å²) in [6, 6.07) is 8.45. The molecule has 1 aliphatic rings. The maximum absolute atomic E-state index is 12.2. The lowest BCUT2D eigenvalue weighted by molar-refractivity contribution is -0.162. The van der Waals surface area contributed by atoms with Gasteiger partial charge in [-0.25, -0.2) is 4.79 Å². The molecule has 0 unspecified atom stereocenters. The van der Waals surface area contributed by atoms with E-state index in [1.54, 1.807) is 29.6 Å². The summed E-state index contributed by atoms with van der Waals surface area (Å²) in [5.74, 6) is -0.983. The fourth-order valence-electron chi connectivity index (χ4n) is 2.25. The molecule has 0 saturated heterocycles. The molecule has 2 amide bonds. The number of hydrogen-bond donors (Lipinski definition) is 2. The van der Waals surface area contributed by atoms with Crippen LogP contribution in [0.15, 0.2) is 35.7 Å². The summed E-state index contributed by atoms with van der Waals surface area (Å²) in [5, 5.41) is 4.45. The molecular formula is C17H16N2O6S. The van der Waals surface area contributed by atoms with Crippen LogP contribution in [0.5, 0.6) is 11.5 Å². The number of nitrogens with one attached hydrogen (secondary N) is 1. The Morgan fingerprint density at radius 1 is 1.27 bits per heavy atom. The van der Waals surface area contributed by atoms with E-state index in [0.717, 1.165) is 11.3 Å². The van der Waals surface area contributed by atoms with Gasteiger partial charge >= 0.3 is 5.97 Å². The third-order valence-electron chi connectivity index (χ3n) is 3.60. The molecule has 2 heterocycles. The lowest BCUT2D eigenvalue weighted by Gasteiger charge is -2.25. The zero-order valence-electron chi connectivity index (χ0n) is 13.8. The van der Waals surface area contributed by atoms with Crippen LogP contribution in [-0.4, -0.2) is 36.6 Å². The molecule has 0 radical (unpaired) electrons. The standard InChI is InChI=1S/C17H16N2O6S/c1-9(15(21)19-16-10(14(18)20)6-7-26-16)24-17(22)13-8-23-11-4-2-3-5-12(11)25-13/h2-7,9,13H,8H2,1H3,(H2,18,20)(H,19,21)/t9-,13-/m0/s1. The molecule has 0 bridgehead atoms. The molecule has 0 saturated carbocycles. The number of anilines is 1. The van der Waals surface area contributed by atoms with E-state index in [1.165, 1.54) is 13.0 Å². The van der Waals surface area contributed by atoms with Gasteiger partial charge in [-0.15, -0.1) is 11.3 Å². The number of esters is 1. The summed E-state index contributed by atoms with van der Waals surface area (Å²) in [5.41, 5.74) is 5.43. The Bertz CT molecular complexity index is 849. The SMILES string of the molecule is C[C@H](OC(=O)[C@@H]1COc2ccccc2O1)C(=O)Nc1sccc1C(N)=O. The van der Waals surface area contributed by atoms with Crippen molar-refractivity contribution in [3.8, 4) is 11.5 Å². The molecule has 0 aliphatic carbocycles. The monoisotopic (exact) mass is 376 g/mol. The molecule has 1 aromatic heterocycles. The molecule has 0 spiro atoms. The van der Waals surface area contributed by atoms with Crippen LogP contribution in [0, 0.1) is 0 Å². The average molecular weight is 376 g/mol. The summed E-state index contributed by atoms with van der Waals surface area (Å²) < 4.78 is 16.1. The van der Waals surface area contributed by atoms with E-state index < -0.39 is 30.0 Å². The van der Waals surface area contributed by atoms with Crippen LogP contribution in [0.2, 0.25) is 0 Å². The van der Waals surface area contributed by atoms with Crippen LogP contribution in [0.4, 0.5) is 5.00 Å². The first kappa shape index (κ1) is 17.7. The average Bonchev–Trinajstić information content (AvgIpc) is 3.09. The molecule has 26 heavy (non-hydrogen) atoms. The second-order valence-electron chi connectivity index (χ2n) is 5.46. The molecule has 3 N–H and O–H groups in total. The number of benzene rings is 1. The number of carbonyl (C=O) groups is 3. The van der Waals surface area contributed by atoms with Crippen LogP contribution < -0.4 is 20.5 Å². The smallest absolute Gasteiger partial charge is 0.351 e. The van der Waals surface area contributed by atoms with Crippen molar-refractivity contribution >= 4 is 34.1 Å². The van der Waals surface area contributed by atoms with Gasteiger partial charge in [-0.2, -0.15) is 0 Å². The predicted molar refractivity (Wildman–Crippen MR) is 93.4 cm³/mol. The lowest BCUT2D eigenvalue weighted by atomic mass is 10.2. The van der Waals surface area contributed by atoms with Gasteiger partial charge < -0.3 is 25.3 Å². The van der Waals surface area contributed by atoms with Crippen molar-refractivity contribution in [3.05, 3.63) is 41.3 Å². The van der Waals surface area contributed by atoms with E-state index >= 15 is 0 Å². The molecule has 3 rings (SSSR count). The Morgan fingerprint density at radius 2 is 2.00 bits per heavy atom. The summed E-state index contributed by atoms with van der Waals surface area (Å²) in [6.45, 7) is 1.41. The highest BCUT2D eigenvalue weighted by Gasteiger charge is 2.31. The van der Waals surface area contributed by atoms with E-state index in [2.05, 4.69) is 5.32 Å². The summed E-state index contributed by atoms with van der Waals surface area (Å²) in [7, 11) is 0. The fraction of sp³-hybridized carbons (Fsp3) is 0.235. The van der Waals surface area contributed by atoms with E-state index in [1.807, 2.05) is 0 Å². The number of hydrogen-bond acceptors (Lipinski definition) is 7. The van der Waals surface area contributed by atoms with Crippen molar-refractivity contribution in [1.29, 1.82) is 0 Å². The molecule has 1 aromatic carbocycles. The maximum Gasteiger partial charge on any atom is 0.351 e. The normalized spacial score (nSPS) is 16.4. The molecule has 9 heteroatoms. The minimum atomic E-state index is -1.09. The summed E-state index contributed by atoms with van der Waals surface area (Å²) in [6.07, 6.45) is -2.06. The van der Waals surface area contributed by atoms with Crippen LogP contribution in [-0.2, 0) is 14.3 Å². The number of fused-ring (bicyclic) bond motifs is 1. The molecule has 0 fully saturated rings. The summed E-state index contributed by atoms with van der Waals surface area (Å²) >= 11 is 1.14. The maximum atomic E-state index is 12.2. The highest BCUT2D eigenvalue weighted by molar-refractivity contribution is 7.14. The predicted octanol–water partition coefficient (Wildman–Crippen LogP) is 1.56. The molecular weight excluding hydrogens is 360 g/mol. The Kier molecular flexibility index (Phi) is 5.08. The van der Waals surface area contributed by atoms with Gasteiger partial charge in [0, 0.05) is 0 Å². The largest absolute Gasteiger partial charge is 0.485 e. The van der Waals surface area contributed by atoms with Crippen LogP contribution in [0.1, 0.15) is 17.3 Å². The van der Waals surface area contributed by atoms with Crippen molar-refractivity contribution in [2.75, 3.05) is 11.9 Å². The lowest BCUT2D eigenvalue weighted by Crippen LogP contribution is -2.41. The van der Waals surface area contributed by atoms with E-state index in [-0.39, 0.29) is 12.2 Å². The van der Waals surface area contributed by atoms with Gasteiger partial charge in [0.05, 0.1) is 5.56 Å². The number of rotatable bonds is 5. The highest BCUT2D eigenvalue weighted by Crippen LogP contribution is 2.31. The second-order valence-corrected chi connectivity index (χ2v) is 6.38.